The fraction of sp³-hybridized carbons (Fsp3) is 0.467. The molecule has 0 fully saturated rings. The molecule has 1 aromatic rings. The predicted molar refractivity (Wildman–Crippen MR) is 86.0 cm³/mol. The lowest BCUT2D eigenvalue weighted by molar-refractivity contribution is 0.437. The van der Waals surface area contributed by atoms with Gasteiger partial charge in [-0.15, -0.1) is 0 Å². The minimum atomic E-state index is -3.45. The highest BCUT2D eigenvalue weighted by molar-refractivity contribution is 7.89. The highest BCUT2D eigenvalue weighted by Crippen LogP contribution is 2.24. The zero-order valence-electron chi connectivity index (χ0n) is 12.2. The number of sulfonamides is 1. The summed E-state index contributed by atoms with van der Waals surface area (Å²) in [6.07, 6.45) is 5.69. The molecular formula is C15H21ClN2O2S. The van der Waals surface area contributed by atoms with Crippen LogP contribution in [0.5, 0.6) is 0 Å². The van der Waals surface area contributed by atoms with Crippen LogP contribution in [0.4, 0.5) is 0 Å². The zero-order valence-corrected chi connectivity index (χ0v) is 13.8. The third kappa shape index (κ3) is 4.07. The number of halogens is 1. The molecule has 2 rings (SSSR count). The van der Waals surface area contributed by atoms with Crippen LogP contribution in [0.1, 0.15) is 25.3 Å². The lowest BCUT2D eigenvalue weighted by Crippen LogP contribution is -2.33. The molecule has 116 valence electrons. The van der Waals surface area contributed by atoms with Crippen LogP contribution in [0.3, 0.4) is 0 Å². The van der Waals surface area contributed by atoms with Gasteiger partial charge in [0.25, 0.3) is 0 Å². The first kappa shape index (κ1) is 16.5. The van der Waals surface area contributed by atoms with E-state index in [4.69, 9.17) is 11.6 Å². The normalized spacial score (nSPS) is 16.3. The Balaban J connectivity index is 2.17. The van der Waals surface area contributed by atoms with E-state index in [0.29, 0.717) is 24.7 Å². The SMILES string of the molecule is CCCNCc1ccc(S(=O)(=O)N2CC=CCC2)cc1Cl. The molecule has 0 bridgehead atoms. The second-order valence-electron chi connectivity index (χ2n) is 5.05. The van der Waals surface area contributed by atoms with E-state index in [1.165, 1.54) is 4.31 Å². The first-order valence-electron chi connectivity index (χ1n) is 7.20. The van der Waals surface area contributed by atoms with Gasteiger partial charge in [0.05, 0.1) is 4.90 Å². The molecule has 4 nitrogen and oxygen atoms in total. The van der Waals surface area contributed by atoms with Crippen molar-refractivity contribution in [3.8, 4) is 0 Å². The monoisotopic (exact) mass is 328 g/mol. The van der Waals surface area contributed by atoms with E-state index in [1.807, 2.05) is 12.2 Å². The molecule has 1 N–H and O–H groups in total. The largest absolute Gasteiger partial charge is 0.313 e. The summed E-state index contributed by atoms with van der Waals surface area (Å²) in [6, 6.07) is 4.98. The van der Waals surface area contributed by atoms with Gasteiger partial charge < -0.3 is 5.32 Å². The average Bonchev–Trinajstić information content (AvgIpc) is 2.50. The van der Waals surface area contributed by atoms with Crippen molar-refractivity contribution < 1.29 is 8.42 Å². The summed E-state index contributed by atoms with van der Waals surface area (Å²) >= 11 is 6.22. The number of hydrogen-bond acceptors (Lipinski definition) is 3. The molecule has 21 heavy (non-hydrogen) atoms. The Morgan fingerprint density at radius 2 is 2.14 bits per heavy atom. The number of hydrogen-bond donors (Lipinski definition) is 1. The average molecular weight is 329 g/mol. The van der Waals surface area contributed by atoms with Gasteiger partial charge in [-0.05, 0) is 37.1 Å². The fourth-order valence-electron chi connectivity index (χ4n) is 2.22. The van der Waals surface area contributed by atoms with Crippen molar-refractivity contribution >= 4 is 21.6 Å². The third-order valence-corrected chi connectivity index (χ3v) is 5.64. The van der Waals surface area contributed by atoms with Crippen molar-refractivity contribution in [3.63, 3.8) is 0 Å². The molecule has 1 aliphatic rings. The second kappa shape index (κ2) is 7.40. The van der Waals surface area contributed by atoms with E-state index in [2.05, 4.69) is 12.2 Å². The topological polar surface area (TPSA) is 49.4 Å². The minimum Gasteiger partial charge on any atom is -0.313 e. The molecule has 0 unspecified atom stereocenters. The van der Waals surface area contributed by atoms with Gasteiger partial charge in [-0.2, -0.15) is 4.31 Å². The van der Waals surface area contributed by atoms with E-state index in [1.54, 1.807) is 18.2 Å². The summed E-state index contributed by atoms with van der Waals surface area (Å²) < 4.78 is 26.5. The van der Waals surface area contributed by atoms with Gasteiger partial charge in [0.2, 0.25) is 10.0 Å². The van der Waals surface area contributed by atoms with Crippen molar-refractivity contribution in [2.45, 2.75) is 31.2 Å². The van der Waals surface area contributed by atoms with Gasteiger partial charge in [-0.1, -0.05) is 36.7 Å². The second-order valence-corrected chi connectivity index (χ2v) is 7.40. The molecule has 0 saturated heterocycles. The summed E-state index contributed by atoms with van der Waals surface area (Å²) in [5.74, 6) is 0. The van der Waals surface area contributed by atoms with Crippen molar-refractivity contribution in [2.75, 3.05) is 19.6 Å². The first-order chi connectivity index (χ1) is 10.1. The van der Waals surface area contributed by atoms with Gasteiger partial charge in [0.15, 0.2) is 0 Å². The van der Waals surface area contributed by atoms with Crippen LogP contribution in [0.2, 0.25) is 5.02 Å². The van der Waals surface area contributed by atoms with E-state index in [9.17, 15) is 8.42 Å². The van der Waals surface area contributed by atoms with Crippen molar-refractivity contribution in [3.05, 3.63) is 40.9 Å². The maximum atomic E-state index is 12.5. The molecule has 0 aromatic heterocycles. The van der Waals surface area contributed by atoms with Crippen LogP contribution < -0.4 is 5.32 Å². The molecule has 1 heterocycles. The summed E-state index contributed by atoms with van der Waals surface area (Å²) in [5, 5.41) is 3.75. The van der Waals surface area contributed by atoms with Crippen molar-refractivity contribution in [1.29, 1.82) is 0 Å². The number of benzene rings is 1. The molecule has 0 amide bonds. The Bertz CT molecular complexity index is 614. The molecular weight excluding hydrogens is 308 g/mol. The van der Waals surface area contributed by atoms with Gasteiger partial charge >= 0.3 is 0 Å². The van der Waals surface area contributed by atoms with E-state index >= 15 is 0 Å². The third-order valence-electron chi connectivity index (χ3n) is 3.43. The Hall–Kier alpha value is -0.880. The molecule has 1 aromatic carbocycles. The summed E-state index contributed by atoms with van der Waals surface area (Å²) in [6.45, 7) is 4.61. The van der Waals surface area contributed by atoms with Crippen LogP contribution in [0, 0.1) is 0 Å². The Morgan fingerprint density at radius 3 is 2.76 bits per heavy atom. The van der Waals surface area contributed by atoms with Gasteiger partial charge in [-0.3, -0.25) is 0 Å². The van der Waals surface area contributed by atoms with E-state index in [0.717, 1.165) is 24.9 Å². The van der Waals surface area contributed by atoms with Crippen molar-refractivity contribution in [2.24, 2.45) is 0 Å². The van der Waals surface area contributed by atoms with Crippen molar-refractivity contribution in [1.82, 2.24) is 9.62 Å². The first-order valence-corrected chi connectivity index (χ1v) is 9.02. The fourth-order valence-corrected chi connectivity index (χ4v) is 3.96. The maximum Gasteiger partial charge on any atom is 0.243 e. The quantitative estimate of drug-likeness (QED) is 0.645. The van der Waals surface area contributed by atoms with Crippen LogP contribution in [-0.2, 0) is 16.6 Å². The minimum absolute atomic E-state index is 0.266. The highest BCUT2D eigenvalue weighted by atomic mass is 35.5. The van der Waals surface area contributed by atoms with Gasteiger partial charge in [0.1, 0.15) is 0 Å². The van der Waals surface area contributed by atoms with Crippen LogP contribution >= 0.6 is 11.6 Å². The Labute approximate surface area is 131 Å². The van der Waals surface area contributed by atoms with Crippen LogP contribution in [0.15, 0.2) is 35.2 Å². The standard InChI is InChI=1S/C15H21ClN2O2S/c1-2-8-17-12-13-6-7-14(11-15(13)16)21(19,20)18-9-4-3-5-10-18/h3-4,6-7,11,17H,2,5,8-10,12H2,1H3. The van der Waals surface area contributed by atoms with E-state index < -0.39 is 10.0 Å². The highest BCUT2D eigenvalue weighted by Gasteiger charge is 2.24. The zero-order chi connectivity index (χ0) is 15.3. The molecule has 0 radical (unpaired) electrons. The molecule has 6 heteroatoms. The predicted octanol–water partition coefficient (Wildman–Crippen LogP) is 2.79. The van der Waals surface area contributed by atoms with E-state index in [-0.39, 0.29) is 4.90 Å². The summed E-state index contributed by atoms with van der Waals surface area (Å²) in [4.78, 5) is 0.266. The number of nitrogens with one attached hydrogen (secondary N) is 1. The lowest BCUT2D eigenvalue weighted by atomic mass is 10.2. The van der Waals surface area contributed by atoms with Crippen LogP contribution in [0.25, 0.3) is 0 Å². The number of nitrogens with zero attached hydrogens (tertiary/aromatic N) is 1. The molecule has 0 aliphatic carbocycles. The van der Waals surface area contributed by atoms with Crippen LogP contribution in [-0.4, -0.2) is 32.4 Å². The smallest absolute Gasteiger partial charge is 0.243 e. The Morgan fingerprint density at radius 1 is 1.33 bits per heavy atom. The number of rotatable bonds is 6. The maximum absolute atomic E-state index is 12.5. The molecule has 0 spiro atoms. The van der Waals surface area contributed by atoms with Gasteiger partial charge in [-0.25, -0.2) is 8.42 Å². The summed E-state index contributed by atoms with van der Waals surface area (Å²) in [5.41, 5.74) is 0.919. The lowest BCUT2D eigenvalue weighted by Gasteiger charge is -2.23. The molecule has 0 saturated carbocycles. The van der Waals surface area contributed by atoms with Gasteiger partial charge in [0, 0.05) is 24.7 Å². The molecule has 0 atom stereocenters. The molecule has 1 aliphatic heterocycles. The Kier molecular flexibility index (Phi) is 5.81. The summed E-state index contributed by atoms with van der Waals surface area (Å²) in [7, 11) is -3.45.